The van der Waals surface area contributed by atoms with Gasteiger partial charge in [-0.1, -0.05) is 11.3 Å². The molecule has 1 saturated heterocycles. The van der Waals surface area contributed by atoms with Gasteiger partial charge in [0.25, 0.3) is 0 Å². The molecule has 5 nitrogen and oxygen atoms in total. The smallest absolute Gasteiger partial charge is 0.188 e. The lowest BCUT2D eigenvalue weighted by molar-refractivity contribution is 0.102. The highest BCUT2D eigenvalue weighted by Crippen LogP contribution is 2.28. The van der Waals surface area contributed by atoms with Crippen molar-refractivity contribution in [2.45, 2.75) is 6.92 Å². The normalized spacial score (nSPS) is 16.7. The minimum atomic E-state index is -0.0236. The number of ketones is 1. The van der Waals surface area contributed by atoms with Crippen LogP contribution in [0.15, 0.2) is 0 Å². The summed E-state index contributed by atoms with van der Waals surface area (Å²) in [7, 11) is 0. The van der Waals surface area contributed by atoms with Crippen molar-refractivity contribution in [1.29, 1.82) is 0 Å². The Labute approximate surface area is 91.9 Å². The van der Waals surface area contributed by atoms with Crippen molar-refractivity contribution < 1.29 is 9.53 Å². The van der Waals surface area contributed by atoms with Gasteiger partial charge in [-0.2, -0.15) is 0 Å². The van der Waals surface area contributed by atoms with Gasteiger partial charge in [0.05, 0.1) is 13.2 Å². The fourth-order valence-corrected chi connectivity index (χ4v) is 2.39. The molecule has 1 fully saturated rings. The number of nitrogens with two attached hydrogens (primary N) is 1. The monoisotopic (exact) mass is 227 g/mol. The second kappa shape index (κ2) is 4.16. The summed E-state index contributed by atoms with van der Waals surface area (Å²) in [6.07, 6.45) is 0. The van der Waals surface area contributed by atoms with Crippen molar-refractivity contribution in [3.63, 3.8) is 0 Å². The van der Waals surface area contributed by atoms with Gasteiger partial charge in [-0.25, -0.2) is 4.98 Å². The standard InChI is InChI=1S/C9H13N3O2S/c1-6(13)7-8(10)11-9(15-7)12-2-4-14-5-3-12/h2-5,10H2,1H3. The van der Waals surface area contributed by atoms with Crippen LogP contribution in [-0.2, 0) is 4.74 Å². The molecular weight excluding hydrogens is 214 g/mol. The van der Waals surface area contributed by atoms with Crippen LogP contribution in [0.2, 0.25) is 0 Å². The second-order valence-electron chi connectivity index (χ2n) is 3.37. The summed E-state index contributed by atoms with van der Waals surface area (Å²) in [5, 5.41) is 0.820. The lowest BCUT2D eigenvalue weighted by Gasteiger charge is -2.25. The predicted molar refractivity (Wildman–Crippen MR) is 59.6 cm³/mol. The third-order valence-corrected chi connectivity index (χ3v) is 3.48. The maximum atomic E-state index is 11.2. The predicted octanol–water partition coefficient (Wildman–Crippen LogP) is 0.764. The van der Waals surface area contributed by atoms with E-state index >= 15 is 0 Å². The van der Waals surface area contributed by atoms with Gasteiger partial charge >= 0.3 is 0 Å². The van der Waals surface area contributed by atoms with Crippen LogP contribution in [0.25, 0.3) is 0 Å². The van der Waals surface area contributed by atoms with Crippen molar-refractivity contribution in [1.82, 2.24) is 4.98 Å². The fraction of sp³-hybridized carbons (Fsp3) is 0.556. The maximum Gasteiger partial charge on any atom is 0.188 e. The molecule has 0 unspecified atom stereocenters. The Morgan fingerprint density at radius 2 is 2.20 bits per heavy atom. The molecule has 2 heterocycles. The molecule has 1 aliphatic rings. The van der Waals surface area contributed by atoms with Crippen LogP contribution < -0.4 is 10.6 Å². The molecule has 82 valence electrons. The third kappa shape index (κ3) is 2.10. The number of carbonyl (C=O) groups is 1. The van der Waals surface area contributed by atoms with Crippen molar-refractivity contribution in [3.8, 4) is 0 Å². The van der Waals surface area contributed by atoms with Crippen LogP contribution in [-0.4, -0.2) is 37.1 Å². The van der Waals surface area contributed by atoms with E-state index in [9.17, 15) is 4.79 Å². The zero-order chi connectivity index (χ0) is 10.8. The number of hydrogen-bond donors (Lipinski definition) is 1. The first-order chi connectivity index (χ1) is 7.18. The van der Waals surface area contributed by atoms with Crippen LogP contribution >= 0.6 is 11.3 Å². The largest absolute Gasteiger partial charge is 0.382 e. The van der Waals surface area contributed by atoms with E-state index in [1.165, 1.54) is 18.3 Å². The van der Waals surface area contributed by atoms with Gasteiger partial charge in [0, 0.05) is 20.0 Å². The molecule has 0 aliphatic carbocycles. The van der Waals surface area contributed by atoms with Crippen molar-refractivity contribution >= 4 is 28.1 Å². The molecule has 0 spiro atoms. The number of morpholine rings is 1. The molecule has 15 heavy (non-hydrogen) atoms. The Balaban J connectivity index is 2.21. The topological polar surface area (TPSA) is 68.5 Å². The van der Waals surface area contributed by atoms with Crippen LogP contribution in [0.5, 0.6) is 0 Å². The SMILES string of the molecule is CC(=O)c1sc(N2CCOCC2)nc1N. The number of carbonyl (C=O) groups excluding carboxylic acids is 1. The molecule has 0 radical (unpaired) electrons. The Hall–Kier alpha value is -1.14. The van der Waals surface area contributed by atoms with Gasteiger partial charge in [0.1, 0.15) is 10.7 Å². The van der Waals surface area contributed by atoms with Crippen LogP contribution in [0.3, 0.4) is 0 Å². The summed E-state index contributed by atoms with van der Waals surface area (Å²) in [6.45, 7) is 4.53. The first-order valence-electron chi connectivity index (χ1n) is 4.78. The molecule has 0 amide bonds. The first-order valence-corrected chi connectivity index (χ1v) is 5.60. The molecule has 2 N–H and O–H groups in total. The molecule has 1 aromatic heterocycles. The summed E-state index contributed by atoms with van der Waals surface area (Å²) in [6, 6.07) is 0. The van der Waals surface area contributed by atoms with Gasteiger partial charge in [-0.3, -0.25) is 4.79 Å². The molecule has 0 saturated carbocycles. The molecule has 2 rings (SSSR count). The summed E-state index contributed by atoms with van der Waals surface area (Å²) >= 11 is 1.36. The average Bonchev–Trinajstić information content (AvgIpc) is 2.62. The zero-order valence-corrected chi connectivity index (χ0v) is 9.34. The number of thiazole rings is 1. The summed E-state index contributed by atoms with van der Waals surface area (Å²) < 4.78 is 5.24. The van der Waals surface area contributed by atoms with E-state index in [4.69, 9.17) is 10.5 Å². The number of hydrogen-bond acceptors (Lipinski definition) is 6. The van der Waals surface area contributed by atoms with Gasteiger partial charge in [-0.15, -0.1) is 0 Å². The van der Waals surface area contributed by atoms with E-state index < -0.39 is 0 Å². The number of aromatic nitrogens is 1. The summed E-state index contributed by atoms with van der Waals surface area (Å²) in [5.74, 6) is 0.318. The number of anilines is 2. The van der Waals surface area contributed by atoms with E-state index in [-0.39, 0.29) is 5.78 Å². The second-order valence-corrected chi connectivity index (χ2v) is 4.34. The van der Waals surface area contributed by atoms with E-state index in [0.717, 1.165) is 18.2 Å². The third-order valence-electron chi connectivity index (χ3n) is 2.24. The van der Waals surface area contributed by atoms with Gasteiger partial charge in [0.15, 0.2) is 10.9 Å². The van der Waals surface area contributed by atoms with Gasteiger partial charge in [0.2, 0.25) is 0 Å². The first kappa shape index (κ1) is 10.4. The molecule has 0 aromatic carbocycles. The van der Waals surface area contributed by atoms with E-state index in [1.807, 2.05) is 0 Å². The average molecular weight is 227 g/mol. The van der Waals surface area contributed by atoms with Crippen molar-refractivity contribution in [3.05, 3.63) is 4.88 Å². The quantitative estimate of drug-likeness (QED) is 0.756. The van der Waals surface area contributed by atoms with Crippen LogP contribution in [0.1, 0.15) is 16.6 Å². The van der Waals surface area contributed by atoms with E-state index in [2.05, 4.69) is 9.88 Å². The molecule has 0 atom stereocenters. The maximum absolute atomic E-state index is 11.2. The van der Waals surface area contributed by atoms with Crippen molar-refractivity contribution in [2.75, 3.05) is 36.9 Å². The number of nitrogens with zero attached hydrogens (tertiary/aromatic N) is 2. The summed E-state index contributed by atoms with van der Waals surface area (Å²) in [4.78, 5) is 18.1. The number of nitrogen functional groups attached to an aromatic ring is 1. The minimum absolute atomic E-state index is 0.0236. The molecular formula is C9H13N3O2S. The zero-order valence-electron chi connectivity index (χ0n) is 8.52. The van der Waals surface area contributed by atoms with Crippen molar-refractivity contribution in [2.24, 2.45) is 0 Å². The molecule has 1 aromatic rings. The lowest BCUT2D eigenvalue weighted by Crippen LogP contribution is -2.36. The van der Waals surface area contributed by atoms with E-state index in [1.54, 1.807) is 0 Å². The highest BCUT2D eigenvalue weighted by molar-refractivity contribution is 7.18. The Kier molecular flexibility index (Phi) is 2.88. The lowest BCUT2D eigenvalue weighted by atomic mass is 10.4. The minimum Gasteiger partial charge on any atom is -0.382 e. The Bertz CT molecular complexity index is 371. The van der Waals surface area contributed by atoms with Crippen LogP contribution in [0, 0.1) is 0 Å². The highest BCUT2D eigenvalue weighted by Gasteiger charge is 2.18. The highest BCUT2D eigenvalue weighted by atomic mass is 32.1. The van der Waals surface area contributed by atoms with Crippen LogP contribution in [0.4, 0.5) is 10.9 Å². The van der Waals surface area contributed by atoms with E-state index in [0.29, 0.717) is 23.9 Å². The number of Topliss-reactive ketones (excluding diaryl/α,β-unsaturated/α-hetero) is 1. The fourth-order valence-electron chi connectivity index (χ4n) is 1.46. The molecule has 0 bridgehead atoms. The molecule has 1 aliphatic heterocycles. The molecule has 6 heteroatoms. The Morgan fingerprint density at radius 3 is 2.73 bits per heavy atom. The van der Waals surface area contributed by atoms with Gasteiger partial charge < -0.3 is 15.4 Å². The Morgan fingerprint density at radius 1 is 1.53 bits per heavy atom. The van der Waals surface area contributed by atoms with Gasteiger partial charge in [-0.05, 0) is 0 Å². The number of ether oxygens (including phenoxy) is 1. The summed E-state index contributed by atoms with van der Waals surface area (Å²) in [5.41, 5.74) is 5.67. The number of rotatable bonds is 2.